The Morgan fingerprint density at radius 3 is 2.59 bits per heavy atom. The summed E-state index contributed by atoms with van der Waals surface area (Å²) < 4.78 is 19.1. The van der Waals surface area contributed by atoms with Crippen LogP contribution in [0.2, 0.25) is 5.02 Å². The lowest BCUT2D eigenvalue weighted by molar-refractivity contribution is 0.360. The van der Waals surface area contributed by atoms with Crippen LogP contribution in [0.25, 0.3) is 0 Å². The van der Waals surface area contributed by atoms with Crippen molar-refractivity contribution in [3.05, 3.63) is 94.3 Å². The average Bonchev–Trinajstić information content (AvgIpc) is 2.74. The van der Waals surface area contributed by atoms with E-state index in [2.05, 4.69) is 5.32 Å². The molecule has 6 heteroatoms. The molecule has 2 atom stereocenters. The Kier molecular flexibility index (Phi) is 5.51. The van der Waals surface area contributed by atoms with Crippen LogP contribution in [0.4, 0.5) is 4.39 Å². The summed E-state index contributed by atoms with van der Waals surface area (Å²) in [4.78, 5) is 4.82. The van der Waals surface area contributed by atoms with Crippen molar-refractivity contribution >= 4 is 17.3 Å². The third-order valence-electron chi connectivity index (χ3n) is 5.01. The van der Waals surface area contributed by atoms with Crippen molar-refractivity contribution in [2.24, 2.45) is 4.99 Å². The summed E-state index contributed by atoms with van der Waals surface area (Å²) in [5, 5.41) is 14.7. The fourth-order valence-corrected chi connectivity index (χ4v) is 3.68. The molecule has 0 radical (unpaired) electrons. The summed E-state index contributed by atoms with van der Waals surface area (Å²) >= 11 is 6.03. The first-order valence-electron chi connectivity index (χ1n) is 9.25. The van der Waals surface area contributed by atoms with Crippen LogP contribution >= 0.6 is 11.6 Å². The molecule has 4 rings (SSSR count). The summed E-state index contributed by atoms with van der Waals surface area (Å²) in [5.74, 6) is 0.170. The van der Waals surface area contributed by atoms with Crippen LogP contribution in [0, 0.1) is 5.82 Å². The Morgan fingerprint density at radius 2 is 1.86 bits per heavy atom. The smallest absolute Gasteiger partial charge is 0.162 e. The number of nitrogens with zero attached hydrogens (tertiary/aromatic N) is 1. The minimum absolute atomic E-state index is 0.0860. The van der Waals surface area contributed by atoms with E-state index in [4.69, 9.17) is 21.3 Å². The molecule has 0 unspecified atom stereocenters. The summed E-state index contributed by atoms with van der Waals surface area (Å²) in [7, 11) is 1.52. The molecule has 3 aromatic carbocycles. The van der Waals surface area contributed by atoms with Crippen LogP contribution in [0.5, 0.6) is 11.5 Å². The van der Waals surface area contributed by atoms with E-state index in [0.29, 0.717) is 28.3 Å². The number of rotatable bonds is 4. The van der Waals surface area contributed by atoms with Gasteiger partial charge in [-0.05, 0) is 41.5 Å². The van der Waals surface area contributed by atoms with Gasteiger partial charge in [-0.25, -0.2) is 4.39 Å². The van der Waals surface area contributed by atoms with Crippen molar-refractivity contribution in [2.45, 2.75) is 18.6 Å². The number of aliphatic imine (C=N–C) groups is 1. The van der Waals surface area contributed by atoms with Crippen LogP contribution in [-0.2, 0) is 0 Å². The van der Waals surface area contributed by atoms with Gasteiger partial charge in [0, 0.05) is 28.8 Å². The standard InChI is InChI=1S/C23H20ClFN2O2/c1-29-21-7-3-6-18(22(21)28)20-13-19(14-8-10-16(24)11-9-14)26-23(27-20)15-4-2-5-17(25)12-15/h2-12,20,23,27-28H,13H2,1H3/t20-,23+/m1/s1. The second kappa shape index (κ2) is 8.23. The number of phenols is 1. The van der Waals surface area contributed by atoms with Crippen molar-refractivity contribution in [1.29, 1.82) is 0 Å². The number of nitrogens with one attached hydrogen (secondary N) is 1. The lowest BCUT2D eigenvalue weighted by atomic mass is 9.93. The SMILES string of the molecule is COc1cccc([C@H]2CC(c3ccc(Cl)cc3)=N[C@H](c3cccc(F)c3)N2)c1O. The molecular formula is C23H20ClFN2O2. The van der Waals surface area contributed by atoms with Gasteiger partial charge in [-0.3, -0.25) is 10.3 Å². The second-order valence-corrected chi connectivity index (χ2v) is 7.30. The number of aromatic hydroxyl groups is 1. The summed E-state index contributed by atoms with van der Waals surface area (Å²) in [6.07, 6.45) is 0.0921. The van der Waals surface area contributed by atoms with Crippen molar-refractivity contribution in [2.75, 3.05) is 7.11 Å². The molecule has 0 fully saturated rings. The van der Waals surface area contributed by atoms with Crippen molar-refractivity contribution < 1.29 is 14.2 Å². The normalized spacial score (nSPS) is 18.9. The predicted molar refractivity (Wildman–Crippen MR) is 112 cm³/mol. The maximum atomic E-state index is 13.8. The Bertz CT molecular complexity index is 1050. The van der Waals surface area contributed by atoms with Crippen molar-refractivity contribution in [3.63, 3.8) is 0 Å². The minimum Gasteiger partial charge on any atom is -0.504 e. The summed E-state index contributed by atoms with van der Waals surface area (Å²) in [6.45, 7) is 0. The molecule has 148 valence electrons. The molecule has 1 aliphatic rings. The fraction of sp³-hybridized carbons (Fsp3) is 0.174. The molecule has 0 saturated heterocycles. The van der Waals surface area contributed by atoms with Gasteiger partial charge in [-0.15, -0.1) is 0 Å². The number of ether oxygens (including phenoxy) is 1. The molecule has 0 amide bonds. The molecule has 3 aromatic rings. The van der Waals surface area contributed by atoms with E-state index in [9.17, 15) is 9.50 Å². The van der Waals surface area contributed by atoms with Crippen LogP contribution in [0.3, 0.4) is 0 Å². The Morgan fingerprint density at radius 1 is 1.10 bits per heavy atom. The largest absolute Gasteiger partial charge is 0.504 e. The van der Waals surface area contributed by atoms with E-state index in [1.807, 2.05) is 42.5 Å². The van der Waals surface area contributed by atoms with Gasteiger partial charge < -0.3 is 9.84 Å². The minimum atomic E-state index is -0.458. The first-order chi connectivity index (χ1) is 14.0. The van der Waals surface area contributed by atoms with Gasteiger partial charge >= 0.3 is 0 Å². The van der Waals surface area contributed by atoms with Gasteiger partial charge in [0.2, 0.25) is 0 Å². The Labute approximate surface area is 173 Å². The molecule has 0 saturated carbocycles. The van der Waals surface area contributed by atoms with Gasteiger partial charge in [0.25, 0.3) is 0 Å². The van der Waals surface area contributed by atoms with Gasteiger partial charge in [-0.1, -0.05) is 48.0 Å². The molecule has 0 spiro atoms. The topological polar surface area (TPSA) is 53.8 Å². The number of hydrogen-bond acceptors (Lipinski definition) is 4. The van der Waals surface area contributed by atoms with E-state index in [1.165, 1.54) is 19.2 Å². The predicted octanol–water partition coefficient (Wildman–Crippen LogP) is 5.42. The van der Waals surface area contributed by atoms with Crippen LogP contribution in [0.1, 0.15) is 35.3 Å². The zero-order chi connectivity index (χ0) is 20.4. The number of benzene rings is 3. The molecule has 0 bridgehead atoms. The van der Waals surface area contributed by atoms with Crippen LogP contribution in [0.15, 0.2) is 71.7 Å². The van der Waals surface area contributed by atoms with E-state index in [1.54, 1.807) is 12.1 Å². The van der Waals surface area contributed by atoms with E-state index < -0.39 is 6.17 Å². The van der Waals surface area contributed by atoms with E-state index in [0.717, 1.165) is 11.3 Å². The first-order valence-corrected chi connectivity index (χ1v) is 9.63. The van der Waals surface area contributed by atoms with Gasteiger partial charge in [0.15, 0.2) is 11.5 Å². The maximum absolute atomic E-state index is 13.8. The summed E-state index contributed by atoms with van der Waals surface area (Å²) in [5.41, 5.74) is 3.20. The fourth-order valence-electron chi connectivity index (χ4n) is 3.56. The zero-order valence-corrected chi connectivity index (χ0v) is 16.5. The monoisotopic (exact) mass is 410 g/mol. The van der Waals surface area contributed by atoms with Gasteiger partial charge in [-0.2, -0.15) is 0 Å². The highest BCUT2D eigenvalue weighted by Gasteiger charge is 2.28. The molecule has 0 aromatic heterocycles. The van der Waals surface area contributed by atoms with Crippen LogP contribution < -0.4 is 10.1 Å². The van der Waals surface area contributed by atoms with E-state index >= 15 is 0 Å². The quantitative estimate of drug-likeness (QED) is 0.604. The number of hydrogen-bond donors (Lipinski definition) is 2. The van der Waals surface area contributed by atoms with Crippen LogP contribution in [-0.4, -0.2) is 17.9 Å². The zero-order valence-electron chi connectivity index (χ0n) is 15.8. The number of methoxy groups -OCH3 is 1. The highest BCUT2D eigenvalue weighted by molar-refractivity contribution is 6.30. The molecule has 2 N–H and O–H groups in total. The number of halogens is 2. The molecule has 1 heterocycles. The van der Waals surface area contributed by atoms with Crippen molar-refractivity contribution in [3.8, 4) is 11.5 Å². The van der Waals surface area contributed by atoms with Gasteiger partial charge in [0.05, 0.1) is 7.11 Å². The number of phenolic OH excluding ortho intramolecular Hbond substituents is 1. The molecule has 1 aliphatic heterocycles. The summed E-state index contributed by atoms with van der Waals surface area (Å²) in [6, 6.07) is 19.0. The Hall–Kier alpha value is -2.89. The van der Waals surface area contributed by atoms with Crippen molar-refractivity contribution in [1.82, 2.24) is 5.32 Å². The molecule has 0 aliphatic carbocycles. The maximum Gasteiger partial charge on any atom is 0.162 e. The highest BCUT2D eigenvalue weighted by Crippen LogP contribution is 2.38. The molecule has 4 nitrogen and oxygen atoms in total. The van der Waals surface area contributed by atoms with E-state index in [-0.39, 0.29) is 17.6 Å². The average molecular weight is 411 g/mol. The highest BCUT2D eigenvalue weighted by atomic mass is 35.5. The Balaban J connectivity index is 1.77. The molecular weight excluding hydrogens is 391 g/mol. The van der Waals surface area contributed by atoms with Gasteiger partial charge in [0.1, 0.15) is 12.0 Å². The third kappa shape index (κ3) is 4.11. The molecule has 29 heavy (non-hydrogen) atoms. The number of para-hydroxylation sites is 1. The first kappa shape index (κ1) is 19.4. The lowest BCUT2D eigenvalue weighted by Gasteiger charge is -2.31. The second-order valence-electron chi connectivity index (χ2n) is 6.86. The lowest BCUT2D eigenvalue weighted by Crippen LogP contribution is -2.33. The third-order valence-corrected chi connectivity index (χ3v) is 5.26.